The van der Waals surface area contributed by atoms with Crippen LogP contribution < -0.4 is 26.9 Å². The number of hydrogen-bond acceptors (Lipinski definition) is 3. The highest BCUT2D eigenvalue weighted by Crippen LogP contribution is 2.52. The predicted octanol–water partition coefficient (Wildman–Crippen LogP) is 1.73. The van der Waals surface area contributed by atoms with Crippen LogP contribution in [0.15, 0.2) is 88.1 Å². The molecule has 3 aromatic rings. The molecule has 2 aromatic carbocycles. The van der Waals surface area contributed by atoms with Crippen LogP contribution >= 0.6 is 31.9 Å². The summed E-state index contributed by atoms with van der Waals surface area (Å²) in [5.74, 6) is -0.947. The number of rotatable bonds is 3. The number of hydrogen-bond donors (Lipinski definition) is 1. The zero-order valence-electron chi connectivity index (χ0n) is 16.6. The van der Waals surface area contributed by atoms with Gasteiger partial charge in [0.05, 0.1) is 24.1 Å². The molecule has 0 aliphatic carbocycles. The standard InChI is InChI=1S/C24H16Br2N4O.BrH/c25-18-8-4-6-16(12-18)20-21(30-10-2-1-3-11-30)23(31)29-22(24(20,14-27)15-28)17-7-5-9-19(26)13-17;/h1-13,20-22H;1H. The van der Waals surface area contributed by atoms with Gasteiger partial charge < -0.3 is 22.3 Å². The average molecular weight is 617 g/mol. The minimum atomic E-state index is -1.54. The summed E-state index contributed by atoms with van der Waals surface area (Å²) in [6.07, 6.45) is 3.57. The van der Waals surface area contributed by atoms with E-state index in [0.29, 0.717) is 5.56 Å². The number of carbonyl (C=O) groups excluding carboxylic acids is 1. The summed E-state index contributed by atoms with van der Waals surface area (Å²) in [6.45, 7) is 0. The van der Waals surface area contributed by atoms with Crippen LogP contribution in [0.1, 0.15) is 29.1 Å². The van der Waals surface area contributed by atoms with Gasteiger partial charge in [0.1, 0.15) is 0 Å². The number of pyridine rings is 1. The highest BCUT2D eigenvalue weighted by Gasteiger charge is 2.61. The number of piperidine rings is 1. The molecule has 3 atom stereocenters. The first kappa shape index (κ1) is 24.1. The van der Waals surface area contributed by atoms with Gasteiger partial charge in [0.2, 0.25) is 6.04 Å². The Kier molecular flexibility index (Phi) is 7.51. The molecule has 32 heavy (non-hydrogen) atoms. The molecule has 0 bridgehead atoms. The van der Waals surface area contributed by atoms with Crippen LogP contribution in [0.2, 0.25) is 0 Å². The number of carbonyl (C=O) groups is 1. The minimum absolute atomic E-state index is 0. The lowest BCUT2D eigenvalue weighted by molar-refractivity contribution is -0.714. The molecular weight excluding hydrogens is 600 g/mol. The molecule has 0 saturated carbocycles. The Balaban J connectivity index is 0.00000289. The van der Waals surface area contributed by atoms with Gasteiger partial charge in [-0.15, -0.1) is 0 Å². The number of aromatic nitrogens is 1. The summed E-state index contributed by atoms with van der Waals surface area (Å²) in [5, 5.41) is 23.9. The van der Waals surface area contributed by atoms with Crippen LogP contribution in [0.5, 0.6) is 0 Å². The lowest BCUT2D eigenvalue weighted by atomic mass is 9.62. The molecule has 1 amide bonds. The Hall–Kier alpha value is -2.52. The van der Waals surface area contributed by atoms with E-state index in [9.17, 15) is 15.3 Å². The van der Waals surface area contributed by atoms with Crippen molar-refractivity contribution in [3.8, 4) is 12.1 Å². The average Bonchev–Trinajstić information content (AvgIpc) is 2.79. The molecule has 0 spiro atoms. The summed E-state index contributed by atoms with van der Waals surface area (Å²) in [5.41, 5.74) is -0.0979. The topological polar surface area (TPSA) is 80.6 Å². The Bertz CT molecular complexity index is 1210. The normalized spacial score (nSPS) is 21.4. The third kappa shape index (κ3) is 4.23. The fraction of sp³-hybridized carbons (Fsp3) is 0.167. The van der Waals surface area contributed by atoms with Crippen molar-refractivity contribution >= 4 is 37.8 Å². The van der Waals surface area contributed by atoms with E-state index >= 15 is 0 Å². The van der Waals surface area contributed by atoms with Gasteiger partial charge in [-0.05, 0) is 35.4 Å². The van der Waals surface area contributed by atoms with Crippen LogP contribution in [0, 0.1) is 28.1 Å². The van der Waals surface area contributed by atoms with E-state index in [2.05, 4.69) is 49.3 Å². The second kappa shape index (κ2) is 9.95. The van der Waals surface area contributed by atoms with Crippen molar-refractivity contribution in [3.05, 3.63) is 99.2 Å². The maximum atomic E-state index is 13.5. The van der Waals surface area contributed by atoms with Crippen LogP contribution in [-0.4, -0.2) is 5.91 Å². The summed E-state index contributed by atoms with van der Waals surface area (Å²) >= 11 is 6.95. The van der Waals surface area contributed by atoms with E-state index in [0.717, 1.165) is 14.5 Å². The maximum Gasteiger partial charge on any atom is 0.290 e. The van der Waals surface area contributed by atoms with Gasteiger partial charge in [-0.1, -0.05) is 62.2 Å². The highest BCUT2D eigenvalue weighted by molar-refractivity contribution is 9.10. The van der Waals surface area contributed by atoms with Crippen molar-refractivity contribution in [1.29, 1.82) is 10.5 Å². The van der Waals surface area contributed by atoms with E-state index in [1.54, 1.807) is 17.0 Å². The van der Waals surface area contributed by atoms with Crippen LogP contribution in [0.3, 0.4) is 0 Å². The molecular formula is C24H17Br3N4O. The van der Waals surface area contributed by atoms with Crippen molar-refractivity contribution in [2.45, 2.75) is 18.0 Å². The molecule has 3 unspecified atom stereocenters. The van der Waals surface area contributed by atoms with Gasteiger partial charge in [-0.3, -0.25) is 4.79 Å². The SMILES string of the molecule is N#CC1(C#N)C(c2cccc(Br)c2)NC(=O)C([n+]2ccccc2)C1c1cccc(Br)c1.[Br-]. The lowest BCUT2D eigenvalue weighted by Gasteiger charge is -2.42. The van der Waals surface area contributed by atoms with Crippen LogP contribution in [0.25, 0.3) is 0 Å². The minimum Gasteiger partial charge on any atom is -1.00 e. The van der Waals surface area contributed by atoms with Gasteiger partial charge in [0.25, 0.3) is 5.91 Å². The van der Waals surface area contributed by atoms with Crippen LogP contribution in [0.4, 0.5) is 0 Å². The van der Waals surface area contributed by atoms with E-state index in [1.165, 1.54) is 0 Å². The molecule has 1 fully saturated rings. The summed E-state index contributed by atoms with van der Waals surface area (Å²) in [4.78, 5) is 13.5. The Labute approximate surface area is 213 Å². The molecule has 2 heterocycles. The molecule has 4 rings (SSSR count). The van der Waals surface area contributed by atoms with E-state index < -0.39 is 23.4 Å². The smallest absolute Gasteiger partial charge is 0.290 e. The van der Waals surface area contributed by atoms with Gasteiger partial charge >= 0.3 is 0 Å². The zero-order valence-corrected chi connectivity index (χ0v) is 21.4. The molecule has 1 aliphatic heterocycles. The second-order valence-electron chi connectivity index (χ2n) is 7.39. The van der Waals surface area contributed by atoms with Crippen molar-refractivity contribution < 1.29 is 26.3 Å². The number of halogens is 3. The van der Waals surface area contributed by atoms with Gasteiger partial charge in [-0.25, -0.2) is 0 Å². The largest absolute Gasteiger partial charge is 1.00 e. The van der Waals surface area contributed by atoms with Crippen molar-refractivity contribution in [2.24, 2.45) is 5.41 Å². The fourth-order valence-corrected chi connectivity index (χ4v) is 5.13. The fourth-order valence-electron chi connectivity index (χ4n) is 4.30. The molecule has 160 valence electrons. The summed E-state index contributed by atoms with van der Waals surface area (Å²) < 4.78 is 3.39. The molecule has 8 heteroatoms. The molecule has 5 nitrogen and oxygen atoms in total. The van der Waals surface area contributed by atoms with Crippen LogP contribution in [-0.2, 0) is 4.79 Å². The molecule has 1 aliphatic rings. The molecule has 1 aromatic heterocycles. The van der Waals surface area contributed by atoms with Gasteiger partial charge in [-0.2, -0.15) is 15.1 Å². The Morgan fingerprint density at radius 1 is 0.875 bits per heavy atom. The summed E-state index contributed by atoms with van der Waals surface area (Å²) in [6, 6.07) is 23.4. The highest BCUT2D eigenvalue weighted by atomic mass is 79.9. The maximum absolute atomic E-state index is 13.5. The number of benzene rings is 2. The monoisotopic (exact) mass is 614 g/mol. The first-order chi connectivity index (χ1) is 15.0. The summed E-state index contributed by atoms with van der Waals surface area (Å²) in [7, 11) is 0. The quantitative estimate of drug-likeness (QED) is 0.456. The lowest BCUT2D eigenvalue weighted by Crippen LogP contribution is -3.00. The number of nitriles is 2. The van der Waals surface area contributed by atoms with Gasteiger partial charge in [0, 0.05) is 21.1 Å². The van der Waals surface area contributed by atoms with E-state index in [4.69, 9.17) is 0 Å². The third-order valence-electron chi connectivity index (χ3n) is 5.64. The Morgan fingerprint density at radius 3 is 2.00 bits per heavy atom. The first-order valence-corrected chi connectivity index (χ1v) is 11.2. The van der Waals surface area contributed by atoms with Crippen molar-refractivity contribution in [3.63, 3.8) is 0 Å². The Morgan fingerprint density at radius 2 is 1.44 bits per heavy atom. The zero-order chi connectivity index (χ0) is 22.0. The van der Waals surface area contributed by atoms with Gasteiger partial charge in [0.15, 0.2) is 17.8 Å². The van der Waals surface area contributed by atoms with Crippen molar-refractivity contribution in [1.82, 2.24) is 5.32 Å². The molecule has 0 radical (unpaired) electrons. The van der Waals surface area contributed by atoms with E-state index in [-0.39, 0.29) is 22.9 Å². The third-order valence-corrected chi connectivity index (χ3v) is 6.62. The molecule has 1 N–H and O–H groups in total. The number of nitrogens with one attached hydrogen (secondary N) is 1. The second-order valence-corrected chi connectivity index (χ2v) is 9.22. The number of nitrogens with zero attached hydrogens (tertiary/aromatic N) is 3. The number of amides is 1. The van der Waals surface area contributed by atoms with Crippen molar-refractivity contribution in [2.75, 3.05) is 0 Å². The first-order valence-electron chi connectivity index (χ1n) is 9.60. The predicted molar refractivity (Wildman–Crippen MR) is 121 cm³/mol. The van der Waals surface area contributed by atoms with E-state index in [1.807, 2.05) is 66.7 Å². The molecule has 1 saturated heterocycles.